The van der Waals surface area contributed by atoms with Gasteiger partial charge in [-0.1, -0.05) is 28.1 Å². The molecule has 0 aliphatic heterocycles. The molecule has 4 heteroatoms. The highest BCUT2D eigenvalue weighted by atomic mass is 79.9. The minimum atomic E-state index is -0.348. The van der Waals surface area contributed by atoms with E-state index in [4.69, 9.17) is 4.74 Å². The molecule has 1 aromatic rings. The first-order valence-corrected chi connectivity index (χ1v) is 7.53. The number of hydrogen-bond acceptors (Lipinski definition) is 2. The summed E-state index contributed by atoms with van der Waals surface area (Å²) in [7, 11) is 1.62. The topological polar surface area (TPSA) is 29.5 Å². The predicted molar refractivity (Wildman–Crippen MR) is 86.2 cm³/mol. The zero-order valence-electron chi connectivity index (χ0n) is 12.6. The molecule has 0 aromatic heterocycles. The number of amides is 1. The fraction of sp³-hybridized carbons (Fsp3) is 0.438. The minimum Gasteiger partial charge on any atom is -0.497 e. The number of ether oxygens (including phenoxy) is 1. The molecule has 0 aliphatic carbocycles. The third-order valence-corrected chi connectivity index (χ3v) is 4.05. The van der Waals surface area contributed by atoms with Crippen molar-refractivity contribution in [3.05, 3.63) is 40.4 Å². The smallest absolute Gasteiger partial charge is 0.234 e. The Kier molecular flexibility index (Phi) is 6.27. The Balaban J connectivity index is 3.27. The summed E-state index contributed by atoms with van der Waals surface area (Å²) < 4.78 is 6.15. The van der Waals surface area contributed by atoms with Crippen LogP contribution in [-0.4, -0.2) is 31.0 Å². The molecular formula is C16H22BrNO2. The molecule has 0 aliphatic rings. The maximum Gasteiger partial charge on any atom is 0.234 e. The minimum absolute atomic E-state index is 0.0800. The quantitative estimate of drug-likeness (QED) is 0.733. The summed E-state index contributed by atoms with van der Waals surface area (Å²) in [6, 6.07) is 5.66. The van der Waals surface area contributed by atoms with Gasteiger partial charge in [-0.2, -0.15) is 0 Å². The fourth-order valence-corrected chi connectivity index (χ4v) is 2.67. The normalized spacial score (nSPS) is 11.8. The lowest BCUT2D eigenvalue weighted by Crippen LogP contribution is -2.35. The van der Waals surface area contributed by atoms with Gasteiger partial charge in [0.1, 0.15) is 5.75 Å². The van der Waals surface area contributed by atoms with Crippen LogP contribution in [-0.2, 0) is 4.79 Å². The van der Waals surface area contributed by atoms with Crippen LogP contribution in [0.25, 0.3) is 0 Å². The average Bonchev–Trinajstić information content (AvgIpc) is 2.42. The average molecular weight is 340 g/mol. The Hall–Kier alpha value is -1.29. The second-order valence-electron chi connectivity index (χ2n) is 4.68. The van der Waals surface area contributed by atoms with E-state index in [1.165, 1.54) is 0 Å². The molecule has 1 rings (SSSR count). The molecule has 0 saturated carbocycles. The monoisotopic (exact) mass is 339 g/mol. The molecule has 0 radical (unpaired) electrons. The van der Waals surface area contributed by atoms with Gasteiger partial charge in [0.05, 0.1) is 13.0 Å². The summed E-state index contributed by atoms with van der Waals surface area (Å²) in [4.78, 5) is 14.5. The van der Waals surface area contributed by atoms with Crippen LogP contribution in [0.15, 0.2) is 34.8 Å². The third-order valence-electron chi connectivity index (χ3n) is 3.33. The van der Waals surface area contributed by atoms with E-state index in [-0.39, 0.29) is 11.8 Å². The van der Waals surface area contributed by atoms with Gasteiger partial charge in [0.25, 0.3) is 0 Å². The first-order chi connectivity index (χ1) is 9.46. The summed E-state index contributed by atoms with van der Waals surface area (Å²) in [5, 5.41) is 0. The number of carbonyl (C=O) groups is 1. The molecule has 0 saturated heterocycles. The Morgan fingerprint density at radius 2 is 2.00 bits per heavy atom. The van der Waals surface area contributed by atoms with E-state index in [1.54, 1.807) is 7.11 Å². The molecule has 1 aromatic carbocycles. The highest BCUT2D eigenvalue weighted by molar-refractivity contribution is 9.10. The van der Waals surface area contributed by atoms with E-state index in [2.05, 4.69) is 22.5 Å². The van der Waals surface area contributed by atoms with Gasteiger partial charge in [-0.25, -0.2) is 0 Å². The number of benzene rings is 1. The summed E-state index contributed by atoms with van der Waals surface area (Å²) in [5.41, 5.74) is 1.73. The summed E-state index contributed by atoms with van der Waals surface area (Å²) in [6.07, 6.45) is 0. The van der Waals surface area contributed by atoms with Gasteiger partial charge in [-0.15, -0.1) is 0 Å². The van der Waals surface area contributed by atoms with Crippen molar-refractivity contribution in [2.45, 2.75) is 26.7 Å². The van der Waals surface area contributed by atoms with Gasteiger partial charge in [0.15, 0.2) is 0 Å². The molecule has 0 heterocycles. The number of halogens is 1. The van der Waals surface area contributed by atoms with Crippen LogP contribution in [0.2, 0.25) is 0 Å². The van der Waals surface area contributed by atoms with Crippen LogP contribution in [0.5, 0.6) is 5.75 Å². The van der Waals surface area contributed by atoms with Crippen LogP contribution in [0.3, 0.4) is 0 Å². The molecule has 1 unspecified atom stereocenters. The third kappa shape index (κ3) is 3.63. The molecule has 0 spiro atoms. The van der Waals surface area contributed by atoms with Crippen molar-refractivity contribution in [3.63, 3.8) is 0 Å². The highest BCUT2D eigenvalue weighted by Crippen LogP contribution is 2.34. The molecule has 0 N–H and O–H groups in total. The largest absolute Gasteiger partial charge is 0.497 e. The summed E-state index contributed by atoms with van der Waals surface area (Å²) in [6.45, 7) is 11.2. The number of carbonyl (C=O) groups excluding carboxylic acids is 1. The van der Waals surface area contributed by atoms with E-state index in [9.17, 15) is 4.79 Å². The second-order valence-corrected chi connectivity index (χ2v) is 5.53. The first kappa shape index (κ1) is 16.8. The lowest BCUT2D eigenvalue weighted by Gasteiger charge is -2.26. The van der Waals surface area contributed by atoms with Crippen molar-refractivity contribution in [2.75, 3.05) is 20.2 Å². The molecule has 1 amide bonds. The number of rotatable bonds is 6. The van der Waals surface area contributed by atoms with Crippen molar-refractivity contribution < 1.29 is 9.53 Å². The molecule has 0 fully saturated rings. The summed E-state index contributed by atoms with van der Waals surface area (Å²) in [5.74, 6) is 0.470. The molecule has 0 bridgehead atoms. The van der Waals surface area contributed by atoms with E-state index >= 15 is 0 Å². The van der Waals surface area contributed by atoms with Gasteiger partial charge >= 0.3 is 0 Å². The Labute approximate surface area is 129 Å². The van der Waals surface area contributed by atoms with Crippen molar-refractivity contribution in [1.29, 1.82) is 0 Å². The molecule has 20 heavy (non-hydrogen) atoms. The van der Waals surface area contributed by atoms with Crippen molar-refractivity contribution in [3.8, 4) is 5.75 Å². The van der Waals surface area contributed by atoms with Crippen molar-refractivity contribution >= 4 is 21.8 Å². The van der Waals surface area contributed by atoms with E-state index in [0.29, 0.717) is 13.1 Å². The molecule has 3 nitrogen and oxygen atoms in total. The maximum atomic E-state index is 12.7. The number of hydrogen-bond donors (Lipinski definition) is 0. The standard InChI is InChI=1S/C16H22BrNO2/c1-6-18(7-2)16(19)15(11(3)4)13-10-12(20-5)8-9-14(13)17/h8-10,15H,3,6-7H2,1-2,4-5H3. The molecule has 110 valence electrons. The lowest BCUT2D eigenvalue weighted by atomic mass is 9.91. The number of methoxy groups -OCH3 is 1. The highest BCUT2D eigenvalue weighted by Gasteiger charge is 2.27. The zero-order chi connectivity index (χ0) is 15.3. The van der Waals surface area contributed by atoms with E-state index in [1.807, 2.05) is 43.9 Å². The first-order valence-electron chi connectivity index (χ1n) is 6.73. The van der Waals surface area contributed by atoms with Crippen LogP contribution in [0.1, 0.15) is 32.3 Å². The summed E-state index contributed by atoms with van der Waals surface area (Å²) >= 11 is 3.52. The van der Waals surface area contributed by atoms with Crippen LogP contribution in [0, 0.1) is 0 Å². The zero-order valence-corrected chi connectivity index (χ0v) is 14.2. The van der Waals surface area contributed by atoms with Gasteiger partial charge in [-0.3, -0.25) is 4.79 Å². The second kappa shape index (κ2) is 7.48. The predicted octanol–water partition coefficient (Wildman–Crippen LogP) is 3.99. The molecule has 1 atom stereocenters. The lowest BCUT2D eigenvalue weighted by molar-refractivity contribution is -0.131. The van der Waals surface area contributed by atoms with Gasteiger partial charge in [0.2, 0.25) is 5.91 Å². The number of likely N-dealkylation sites (N-methyl/N-ethyl adjacent to an activating group) is 1. The fourth-order valence-electron chi connectivity index (χ4n) is 2.20. The Morgan fingerprint density at radius 3 is 2.45 bits per heavy atom. The van der Waals surface area contributed by atoms with Gasteiger partial charge < -0.3 is 9.64 Å². The van der Waals surface area contributed by atoms with E-state index < -0.39 is 0 Å². The van der Waals surface area contributed by atoms with Gasteiger partial charge in [-0.05, 0) is 44.5 Å². The van der Waals surface area contributed by atoms with Crippen molar-refractivity contribution in [1.82, 2.24) is 4.90 Å². The van der Waals surface area contributed by atoms with Crippen molar-refractivity contribution in [2.24, 2.45) is 0 Å². The van der Waals surface area contributed by atoms with E-state index in [0.717, 1.165) is 21.4 Å². The maximum absolute atomic E-state index is 12.7. The van der Waals surface area contributed by atoms with Crippen LogP contribution in [0.4, 0.5) is 0 Å². The SMILES string of the molecule is C=C(C)C(C(=O)N(CC)CC)c1cc(OC)ccc1Br. The Morgan fingerprint density at radius 1 is 1.40 bits per heavy atom. The number of nitrogens with zero attached hydrogens (tertiary/aromatic N) is 1. The molecular weight excluding hydrogens is 318 g/mol. The van der Waals surface area contributed by atoms with Gasteiger partial charge in [0, 0.05) is 17.6 Å². The van der Waals surface area contributed by atoms with Crippen LogP contribution < -0.4 is 4.74 Å². The van der Waals surface area contributed by atoms with Crippen LogP contribution >= 0.6 is 15.9 Å². The Bertz CT molecular complexity index is 495.